The predicted molar refractivity (Wildman–Crippen MR) is 146 cm³/mol. The first-order chi connectivity index (χ1) is 18.0. The van der Waals surface area contributed by atoms with E-state index in [0.29, 0.717) is 44.7 Å². The van der Waals surface area contributed by atoms with Crippen LogP contribution in [0.4, 0.5) is 4.39 Å². The van der Waals surface area contributed by atoms with Gasteiger partial charge in [-0.25, -0.2) is 14.2 Å². The number of halogens is 3. The van der Waals surface area contributed by atoms with Crippen molar-refractivity contribution in [2.24, 2.45) is 0 Å². The van der Waals surface area contributed by atoms with Gasteiger partial charge in [-0.2, -0.15) is 0 Å². The first-order valence-corrected chi connectivity index (χ1v) is 12.4. The topological polar surface area (TPSA) is 82.5 Å². The molecule has 0 aliphatic carbocycles. The molecule has 1 aliphatic heterocycles. The average molecular weight is 550 g/mol. The van der Waals surface area contributed by atoms with Crippen LogP contribution in [0.2, 0.25) is 10.3 Å². The molecule has 38 heavy (non-hydrogen) atoms. The summed E-state index contributed by atoms with van der Waals surface area (Å²) in [4.78, 5) is 29.9. The number of aromatic nitrogens is 1. The minimum absolute atomic E-state index is 0.0255. The lowest BCUT2D eigenvalue weighted by molar-refractivity contribution is 0.161. The van der Waals surface area contributed by atoms with E-state index in [0.717, 1.165) is 0 Å². The van der Waals surface area contributed by atoms with Crippen molar-refractivity contribution in [2.75, 3.05) is 0 Å². The summed E-state index contributed by atoms with van der Waals surface area (Å²) in [6, 6.07) is 10.9. The van der Waals surface area contributed by atoms with Gasteiger partial charge in [0.2, 0.25) is 0 Å². The van der Waals surface area contributed by atoms with Gasteiger partial charge in [0.25, 0.3) is 0 Å². The standard InChI is InChI=1S/C29H18Cl2FNO5/c1-13-9-20(34)23-24(36-13)16-7-8-29(2,3)38-25(16)22-17(12-21(35)37-26(22)23)14-5-4-6-15(10-14)18-11-19(32)28(31)33-27(18)30/h4-12H,1-3H3. The van der Waals surface area contributed by atoms with E-state index in [4.69, 9.17) is 36.8 Å². The van der Waals surface area contributed by atoms with Gasteiger partial charge in [0, 0.05) is 23.3 Å². The lowest BCUT2D eigenvalue weighted by Crippen LogP contribution is -2.28. The van der Waals surface area contributed by atoms with E-state index in [-0.39, 0.29) is 32.3 Å². The summed E-state index contributed by atoms with van der Waals surface area (Å²) in [5, 5.41) is 0.267. The fraction of sp³-hybridized carbons (Fsp3) is 0.138. The lowest BCUT2D eigenvalue weighted by Gasteiger charge is -2.29. The van der Waals surface area contributed by atoms with Gasteiger partial charge >= 0.3 is 5.63 Å². The molecule has 190 valence electrons. The van der Waals surface area contributed by atoms with E-state index in [1.165, 1.54) is 18.2 Å². The number of rotatable bonds is 2. The van der Waals surface area contributed by atoms with Gasteiger partial charge in [-0.05, 0) is 56.2 Å². The van der Waals surface area contributed by atoms with Crippen LogP contribution in [-0.4, -0.2) is 10.6 Å². The third-order valence-corrected chi connectivity index (χ3v) is 6.92. The smallest absolute Gasteiger partial charge is 0.336 e. The third kappa shape index (κ3) is 3.90. The minimum atomic E-state index is -0.716. The molecule has 0 bridgehead atoms. The molecule has 0 atom stereocenters. The number of ether oxygens (including phenoxy) is 1. The number of pyridine rings is 1. The van der Waals surface area contributed by atoms with Crippen molar-refractivity contribution in [1.29, 1.82) is 0 Å². The van der Waals surface area contributed by atoms with Crippen LogP contribution in [0.5, 0.6) is 5.75 Å². The van der Waals surface area contributed by atoms with Crippen LogP contribution in [0.15, 0.2) is 67.0 Å². The van der Waals surface area contributed by atoms with Crippen LogP contribution in [-0.2, 0) is 0 Å². The lowest BCUT2D eigenvalue weighted by atomic mass is 9.92. The summed E-state index contributed by atoms with van der Waals surface area (Å²) < 4.78 is 32.2. The van der Waals surface area contributed by atoms with Gasteiger partial charge in [0.05, 0.1) is 10.9 Å². The Morgan fingerprint density at radius 3 is 2.39 bits per heavy atom. The fourth-order valence-corrected chi connectivity index (χ4v) is 5.15. The zero-order valence-electron chi connectivity index (χ0n) is 20.3. The highest BCUT2D eigenvalue weighted by atomic mass is 35.5. The molecule has 0 unspecified atom stereocenters. The highest BCUT2D eigenvalue weighted by Gasteiger charge is 2.30. The second-order valence-electron chi connectivity index (χ2n) is 9.57. The largest absolute Gasteiger partial charge is 0.482 e. The van der Waals surface area contributed by atoms with Gasteiger partial charge in [-0.3, -0.25) is 4.79 Å². The van der Waals surface area contributed by atoms with Gasteiger partial charge in [-0.15, -0.1) is 0 Å². The summed E-state index contributed by atoms with van der Waals surface area (Å²) in [6.07, 6.45) is 3.71. The summed E-state index contributed by atoms with van der Waals surface area (Å²) in [5.41, 5.74) is 1.10. The third-order valence-electron chi connectivity index (χ3n) is 6.36. The average Bonchev–Trinajstić information content (AvgIpc) is 2.84. The van der Waals surface area contributed by atoms with Crippen molar-refractivity contribution >= 4 is 51.2 Å². The van der Waals surface area contributed by atoms with Crippen molar-refractivity contribution in [1.82, 2.24) is 4.98 Å². The van der Waals surface area contributed by atoms with Crippen LogP contribution in [0.3, 0.4) is 0 Å². The van der Waals surface area contributed by atoms with Crippen molar-refractivity contribution in [3.8, 4) is 28.0 Å². The van der Waals surface area contributed by atoms with E-state index in [2.05, 4.69) is 4.98 Å². The molecule has 4 heterocycles. The SMILES string of the molecule is Cc1cc(=O)c2c(o1)c1c(c3c(-c4cccc(-c5cc(F)c(Cl)nc5Cl)c4)cc(=O)oc32)OC(C)(C)C=C1. The fourth-order valence-electron chi connectivity index (χ4n) is 4.72. The van der Waals surface area contributed by atoms with Crippen LogP contribution in [0, 0.1) is 12.7 Å². The molecular weight excluding hydrogens is 532 g/mol. The molecule has 0 fully saturated rings. The van der Waals surface area contributed by atoms with Crippen molar-refractivity contribution in [3.63, 3.8) is 0 Å². The first-order valence-electron chi connectivity index (χ1n) is 11.6. The summed E-state index contributed by atoms with van der Waals surface area (Å²) in [7, 11) is 0. The van der Waals surface area contributed by atoms with Gasteiger partial charge < -0.3 is 13.6 Å². The number of nitrogens with zero attached hydrogens (tertiary/aromatic N) is 1. The maximum Gasteiger partial charge on any atom is 0.336 e. The maximum absolute atomic E-state index is 14.2. The van der Waals surface area contributed by atoms with Gasteiger partial charge in [0.1, 0.15) is 27.7 Å². The maximum atomic E-state index is 14.2. The minimum Gasteiger partial charge on any atom is -0.482 e. The molecule has 1 aliphatic rings. The Kier molecular flexibility index (Phi) is 5.49. The Morgan fingerprint density at radius 1 is 0.895 bits per heavy atom. The molecule has 3 aromatic heterocycles. The van der Waals surface area contributed by atoms with Crippen LogP contribution in [0.25, 0.3) is 50.3 Å². The molecule has 5 aromatic rings. The van der Waals surface area contributed by atoms with E-state index >= 15 is 0 Å². The molecule has 0 N–H and O–H groups in total. The molecule has 6 nitrogen and oxygen atoms in total. The second kappa shape index (κ2) is 8.55. The van der Waals surface area contributed by atoms with E-state index < -0.39 is 17.0 Å². The zero-order valence-corrected chi connectivity index (χ0v) is 21.8. The van der Waals surface area contributed by atoms with Crippen molar-refractivity contribution < 1.29 is 18.0 Å². The molecule has 0 radical (unpaired) electrons. The molecule has 0 saturated heterocycles. The van der Waals surface area contributed by atoms with Crippen LogP contribution >= 0.6 is 23.2 Å². The molecular formula is C29H18Cl2FNO5. The van der Waals surface area contributed by atoms with E-state index in [9.17, 15) is 14.0 Å². The molecule has 0 spiro atoms. The number of benzene rings is 2. The Labute approximate surface area is 224 Å². The molecule has 2 aromatic carbocycles. The molecule has 6 rings (SSSR count). The number of aryl methyl sites for hydroxylation is 1. The molecule has 0 saturated carbocycles. The Bertz CT molecular complexity index is 1970. The summed E-state index contributed by atoms with van der Waals surface area (Å²) in [6.45, 7) is 5.45. The van der Waals surface area contributed by atoms with E-state index in [1.54, 1.807) is 31.2 Å². The van der Waals surface area contributed by atoms with Crippen LogP contribution < -0.4 is 15.8 Å². The summed E-state index contributed by atoms with van der Waals surface area (Å²) >= 11 is 12.1. The Hall–Kier alpha value is -3.94. The van der Waals surface area contributed by atoms with Crippen molar-refractivity contribution in [2.45, 2.75) is 26.4 Å². The highest BCUT2D eigenvalue weighted by molar-refractivity contribution is 6.34. The summed E-state index contributed by atoms with van der Waals surface area (Å²) in [5.74, 6) is 0.108. The predicted octanol–water partition coefficient (Wildman–Crippen LogP) is 7.57. The molecule has 0 amide bonds. The van der Waals surface area contributed by atoms with E-state index in [1.807, 2.05) is 26.0 Å². The molecule has 9 heteroatoms. The zero-order chi connectivity index (χ0) is 26.9. The normalized spacial score (nSPS) is 14.1. The number of hydrogen-bond donors (Lipinski definition) is 0. The quantitative estimate of drug-likeness (QED) is 0.128. The number of fused-ring (bicyclic) bond motifs is 6. The van der Waals surface area contributed by atoms with Gasteiger partial charge in [-0.1, -0.05) is 41.4 Å². The highest BCUT2D eigenvalue weighted by Crippen LogP contribution is 2.46. The monoisotopic (exact) mass is 549 g/mol. The first kappa shape index (κ1) is 24.4. The van der Waals surface area contributed by atoms with Crippen molar-refractivity contribution in [3.05, 3.63) is 96.6 Å². The number of hydrogen-bond acceptors (Lipinski definition) is 6. The Morgan fingerprint density at radius 2 is 1.63 bits per heavy atom. The Balaban J connectivity index is 1.73. The van der Waals surface area contributed by atoms with Gasteiger partial charge in [0.15, 0.2) is 27.6 Å². The van der Waals surface area contributed by atoms with Crippen LogP contribution in [0.1, 0.15) is 25.2 Å². The second-order valence-corrected chi connectivity index (χ2v) is 10.3.